The van der Waals surface area contributed by atoms with E-state index in [2.05, 4.69) is 0 Å². The molecule has 1 rings (SSSR count). The number of aryl methyl sites for hydroxylation is 1. The van der Waals surface area contributed by atoms with E-state index < -0.39 is 9.84 Å². The molecule has 0 saturated heterocycles. The van der Waals surface area contributed by atoms with Gasteiger partial charge in [-0.25, -0.2) is 8.42 Å². The highest BCUT2D eigenvalue weighted by atomic mass is 32.2. The van der Waals surface area contributed by atoms with E-state index in [-0.39, 0.29) is 16.7 Å². The Morgan fingerprint density at radius 3 is 2.44 bits per heavy atom. The second kappa shape index (κ2) is 4.43. The zero-order chi connectivity index (χ0) is 12.5. The van der Waals surface area contributed by atoms with Crippen molar-refractivity contribution in [3.63, 3.8) is 0 Å². The van der Waals surface area contributed by atoms with Crippen LogP contribution in [0.3, 0.4) is 0 Å². The highest BCUT2D eigenvalue weighted by Crippen LogP contribution is 2.26. The van der Waals surface area contributed by atoms with Gasteiger partial charge in [-0.15, -0.1) is 0 Å². The number of benzene rings is 1. The van der Waals surface area contributed by atoms with E-state index >= 15 is 0 Å². The van der Waals surface area contributed by atoms with Gasteiger partial charge in [-0.2, -0.15) is 0 Å². The summed E-state index contributed by atoms with van der Waals surface area (Å²) in [6.07, 6.45) is 1.58. The molecule has 0 aromatic heterocycles. The van der Waals surface area contributed by atoms with Crippen LogP contribution in [0, 0.1) is 6.92 Å². The summed E-state index contributed by atoms with van der Waals surface area (Å²) < 4.78 is 23.2. The van der Waals surface area contributed by atoms with Crippen molar-refractivity contribution < 1.29 is 13.5 Å². The zero-order valence-corrected chi connectivity index (χ0v) is 10.5. The molecule has 0 aliphatic carbocycles. The smallest absolute Gasteiger partial charge is 0.175 e. The first-order chi connectivity index (χ1) is 7.21. The fourth-order valence-corrected chi connectivity index (χ4v) is 2.57. The van der Waals surface area contributed by atoms with Crippen LogP contribution in [0.4, 0.5) is 0 Å². The Balaban J connectivity index is 3.40. The molecule has 0 bridgehead atoms. The molecule has 0 radical (unpaired) electrons. The zero-order valence-electron chi connectivity index (χ0n) is 9.69. The molecule has 0 aliphatic heterocycles. The number of sulfone groups is 1. The van der Waals surface area contributed by atoms with Gasteiger partial charge in [0.25, 0.3) is 0 Å². The number of rotatable bonds is 3. The van der Waals surface area contributed by atoms with E-state index in [0.717, 1.165) is 6.26 Å². The maximum atomic E-state index is 11.6. The van der Waals surface area contributed by atoms with Gasteiger partial charge in [0.05, 0.1) is 4.90 Å². The van der Waals surface area contributed by atoms with E-state index in [1.54, 1.807) is 13.8 Å². The average molecular weight is 243 g/mol. The first-order valence-electron chi connectivity index (χ1n) is 5.00. The molecule has 1 unspecified atom stereocenters. The van der Waals surface area contributed by atoms with Gasteiger partial charge in [-0.05, 0) is 43.5 Å². The maximum absolute atomic E-state index is 11.6. The summed E-state index contributed by atoms with van der Waals surface area (Å²) in [7, 11) is -3.29. The summed E-state index contributed by atoms with van der Waals surface area (Å²) in [4.78, 5) is 0.250. The number of hydrogen-bond donors (Lipinski definition) is 2. The Bertz CT molecular complexity index is 492. The van der Waals surface area contributed by atoms with Crippen molar-refractivity contribution in [1.29, 1.82) is 0 Å². The third kappa shape index (κ3) is 2.96. The van der Waals surface area contributed by atoms with E-state index in [1.807, 2.05) is 0 Å². The molecule has 1 aromatic carbocycles. The van der Waals surface area contributed by atoms with Crippen LogP contribution in [0.25, 0.3) is 0 Å². The van der Waals surface area contributed by atoms with Crippen LogP contribution in [0.2, 0.25) is 0 Å². The van der Waals surface area contributed by atoms with Gasteiger partial charge < -0.3 is 10.8 Å². The minimum atomic E-state index is -3.29. The van der Waals surface area contributed by atoms with Gasteiger partial charge in [0.2, 0.25) is 0 Å². The Hall–Kier alpha value is -1.07. The van der Waals surface area contributed by atoms with Gasteiger partial charge in [0.15, 0.2) is 9.84 Å². The molecule has 4 nitrogen and oxygen atoms in total. The quantitative estimate of drug-likeness (QED) is 0.829. The van der Waals surface area contributed by atoms with Crippen LogP contribution in [0.5, 0.6) is 5.75 Å². The molecule has 3 N–H and O–H groups in total. The lowest BCUT2D eigenvalue weighted by Gasteiger charge is -2.12. The third-order valence-corrected chi connectivity index (χ3v) is 3.50. The molecule has 1 aromatic rings. The van der Waals surface area contributed by atoms with Crippen LogP contribution < -0.4 is 5.73 Å². The summed E-state index contributed by atoms with van der Waals surface area (Å²) in [5, 5.41) is 9.57. The van der Waals surface area contributed by atoms with E-state index in [0.29, 0.717) is 17.5 Å². The SMILES string of the molecule is Cc1cc(S(C)(=O)=O)c(CC(C)N)cc1O. The molecule has 0 spiro atoms. The minimum Gasteiger partial charge on any atom is -0.508 e. The number of nitrogens with two attached hydrogens (primary N) is 1. The monoisotopic (exact) mass is 243 g/mol. The molecule has 1 atom stereocenters. The predicted molar refractivity (Wildman–Crippen MR) is 63.3 cm³/mol. The van der Waals surface area contributed by atoms with Gasteiger partial charge >= 0.3 is 0 Å². The van der Waals surface area contributed by atoms with Crippen LogP contribution in [0.15, 0.2) is 17.0 Å². The van der Waals surface area contributed by atoms with Crippen molar-refractivity contribution in [1.82, 2.24) is 0 Å². The van der Waals surface area contributed by atoms with Crippen LogP contribution in [-0.4, -0.2) is 25.8 Å². The number of phenolic OH excluding ortho intramolecular Hbond substituents is 1. The van der Waals surface area contributed by atoms with Gasteiger partial charge in [0, 0.05) is 12.3 Å². The molecule has 90 valence electrons. The number of hydrogen-bond acceptors (Lipinski definition) is 4. The molecule has 5 heteroatoms. The van der Waals surface area contributed by atoms with Crippen molar-refractivity contribution in [3.8, 4) is 5.75 Å². The fraction of sp³-hybridized carbons (Fsp3) is 0.455. The van der Waals surface area contributed by atoms with E-state index in [1.165, 1.54) is 12.1 Å². The number of aromatic hydroxyl groups is 1. The second-order valence-corrected chi connectivity index (χ2v) is 6.18. The normalized spacial score (nSPS) is 13.8. The van der Waals surface area contributed by atoms with Crippen LogP contribution in [0.1, 0.15) is 18.1 Å². The van der Waals surface area contributed by atoms with Gasteiger partial charge in [-0.1, -0.05) is 0 Å². The lowest BCUT2D eigenvalue weighted by Crippen LogP contribution is -2.19. The van der Waals surface area contributed by atoms with Crippen molar-refractivity contribution in [3.05, 3.63) is 23.3 Å². The predicted octanol–water partition coefficient (Wildman–Crippen LogP) is 0.994. The van der Waals surface area contributed by atoms with Crippen molar-refractivity contribution in [2.75, 3.05) is 6.26 Å². The summed E-state index contributed by atoms with van der Waals surface area (Å²) in [6, 6.07) is 2.82. The molecular weight excluding hydrogens is 226 g/mol. The highest BCUT2D eigenvalue weighted by Gasteiger charge is 2.16. The first kappa shape index (κ1) is 13.0. The van der Waals surface area contributed by atoms with Crippen LogP contribution in [-0.2, 0) is 16.3 Å². The van der Waals surface area contributed by atoms with Crippen molar-refractivity contribution in [2.24, 2.45) is 5.73 Å². The Labute approximate surface area is 96.0 Å². The molecule has 0 heterocycles. The standard InChI is InChI=1S/C11H17NO3S/c1-7-4-11(16(3,14)15)9(5-8(2)12)6-10(7)13/h4,6,8,13H,5,12H2,1-3H3. The third-order valence-electron chi connectivity index (χ3n) is 2.32. The van der Waals surface area contributed by atoms with Crippen molar-refractivity contribution in [2.45, 2.75) is 31.2 Å². The summed E-state index contributed by atoms with van der Waals surface area (Å²) >= 11 is 0. The first-order valence-corrected chi connectivity index (χ1v) is 6.89. The second-order valence-electron chi connectivity index (χ2n) is 4.20. The van der Waals surface area contributed by atoms with Crippen molar-refractivity contribution >= 4 is 9.84 Å². The summed E-state index contributed by atoms with van der Waals surface area (Å²) in [5.41, 5.74) is 6.77. The van der Waals surface area contributed by atoms with E-state index in [9.17, 15) is 13.5 Å². The Morgan fingerprint density at radius 2 is 2.00 bits per heavy atom. The number of phenols is 1. The van der Waals surface area contributed by atoms with Gasteiger partial charge in [0.1, 0.15) is 5.75 Å². The Kier molecular flexibility index (Phi) is 3.60. The molecule has 0 aliphatic rings. The average Bonchev–Trinajstić information content (AvgIpc) is 2.08. The fourth-order valence-electron chi connectivity index (χ4n) is 1.56. The molecule has 0 saturated carbocycles. The summed E-state index contributed by atoms with van der Waals surface area (Å²) in [6.45, 7) is 3.46. The molecule has 0 amide bonds. The molecular formula is C11H17NO3S. The lowest BCUT2D eigenvalue weighted by molar-refractivity contribution is 0.469. The minimum absolute atomic E-state index is 0.100. The largest absolute Gasteiger partial charge is 0.508 e. The van der Waals surface area contributed by atoms with Gasteiger partial charge in [-0.3, -0.25) is 0 Å². The van der Waals surface area contributed by atoms with Crippen LogP contribution >= 0.6 is 0 Å². The van der Waals surface area contributed by atoms with E-state index in [4.69, 9.17) is 5.73 Å². The highest BCUT2D eigenvalue weighted by molar-refractivity contribution is 7.90. The molecule has 0 fully saturated rings. The topological polar surface area (TPSA) is 80.4 Å². The maximum Gasteiger partial charge on any atom is 0.175 e. The molecule has 16 heavy (non-hydrogen) atoms. The lowest BCUT2D eigenvalue weighted by atomic mass is 10.1. The Morgan fingerprint density at radius 1 is 1.44 bits per heavy atom. The summed E-state index contributed by atoms with van der Waals surface area (Å²) in [5.74, 6) is 0.100.